The van der Waals surface area contributed by atoms with Crippen molar-refractivity contribution in [1.29, 1.82) is 0 Å². The Kier molecular flexibility index (Phi) is 2.29. The SMILES string of the molecule is O=C(O)C1CN(c2csc3cc(F)ccc23)C1. The number of halogens is 1. The van der Waals surface area contributed by atoms with Crippen LogP contribution in [0.1, 0.15) is 0 Å². The standard InChI is InChI=1S/C12H10FNO2S/c13-8-1-2-9-10(6-17-11(9)3-8)14-4-7(5-14)12(15)16/h1-3,6-7H,4-5H2,(H,15,16). The van der Waals surface area contributed by atoms with Gasteiger partial charge < -0.3 is 10.0 Å². The summed E-state index contributed by atoms with van der Waals surface area (Å²) in [6, 6.07) is 4.70. The summed E-state index contributed by atoms with van der Waals surface area (Å²) in [6.07, 6.45) is 0. The van der Waals surface area contributed by atoms with Gasteiger partial charge in [-0.1, -0.05) is 0 Å². The van der Waals surface area contributed by atoms with Gasteiger partial charge >= 0.3 is 5.97 Å². The number of rotatable bonds is 2. The van der Waals surface area contributed by atoms with E-state index in [1.807, 2.05) is 10.3 Å². The lowest BCUT2D eigenvalue weighted by molar-refractivity contribution is -0.142. The van der Waals surface area contributed by atoms with Crippen LogP contribution in [-0.4, -0.2) is 24.2 Å². The second kappa shape index (κ2) is 3.70. The first-order valence-electron chi connectivity index (χ1n) is 5.29. The minimum Gasteiger partial charge on any atom is -0.481 e. The molecule has 2 aromatic rings. The van der Waals surface area contributed by atoms with Gasteiger partial charge in [0.1, 0.15) is 5.82 Å². The van der Waals surface area contributed by atoms with Crippen LogP contribution in [0.3, 0.4) is 0 Å². The van der Waals surface area contributed by atoms with Gasteiger partial charge in [-0.25, -0.2) is 4.39 Å². The number of nitrogens with zero attached hydrogens (tertiary/aromatic N) is 1. The highest BCUT2D eigenvalue weighted by molar-refractivity contribution is 7.17. The normalized spacial score (nSPS) is 16.2. The molecule has 0 atom stereocenters. The monoisotopic (exact) mass is 251 g/mol. The first-order chi connectivity index (χ1) is 8.15. The van der Waals surface area contributed by atoms with Gasteiger partial charge in [0, 0.05) is 28.6 Å². The molecular formula is C12H10FNO2S. The van der Waals surface area contributed by atoms with Crippen LogP contribution in [0.15, 0.2) is 23.6 Å². The number of carboxylic acids is 1. The van der Waals surface area contributed by atoms with Crippen molar-refractivity contribution in [2.24, 2.45) is 5.92 Å². The van der Waals surface area contributed by atoms with Crippen molar-refractivity contribution < 1.29 is 14.3 Å². The Hall–Kier alpha value is -1.62. The van der Waals surface area contributed by atoms with E-state index in [0.717, 1.165) is 15.8 Å². The second-order valence-electron chi connectivity index (χ2n) is 4.20. The first kappa shape index (κ1) is 10.5. The fourth-order valence-corrected chi connectivity index (χ4v) is 3.06. The van der Waals surface area contributed by atoms with Crippen LogP contribution in [0.25, 0.3) is 10.1 Å². The van der Waals surface area contributed by atoms with Crippen molar-refractivity contribution >= 4 is 33.1 Å². The second-order valence-corrected chi connectivity index (χ2v) is 5.11. The number of hydrogen-bond donors (Lipinski definition) is 1. The molecule has 1 aromatic heterocycles. The summed E-state index contributed by atoms with van der Waals surface area (Å²) >= 11 is 1.49. The van der Waals surface area contributed by atoms with E-state index in [0.29, 0.717) is 13.1 Å². The summed E-state index contributed by atoms with van der Waals surface area (Å²) in [6.45, 7) is 1.08. The minimum absolute atomic E-state index is 0.238. The number of aliphatic carboxylic acids is 1. The number of fused-ring (bicyclic) bond motifs is 1. The molecule has 3 nitrogen and oxygen atoms in total. The molecule has 0 unspecified atom stereocenters. The molecule has 1 fully saturated rings. The van der Waals surface area contributed by atoms with E-state index < -0.39 is 5.97 Å². The molecule has 3 rings (SSSR count). The van der Waals surface area contributed by atoms with E-state index in [1.54, 1.807) is 6.07 Å². The summed E-state index contributed by atoms with van der Waals surface area (Å²) in [5.41, 5.74) is 1.02. The summed E-state index contributed by atoms with van der Waals surface area (Å²) < 4.78 is 13.9. The van der Waals surface area contributed by atoms with Crippen LogP contribution in [0.5, 0.6) is 0 Å². The van der Waals surface area contributed by atoms with E-state index in [4.69, 9.17) is 5.11 Å². The molecule has 0 radical (unpaired) electrons. The van der Waals surface area contributed by atoms with Crippen molar-refractivity contribution in [2.45, 2.75) is 0 Å². The third-order valence-electron chi connectivity index (χ3n) is 3.09. The zero-order chi connectivity index (χ0) is 12.0. The lowest BCUT2D eigenvalue weighted by Gasteiger charge is -2.38. The number of thiophene rings is 1. The maximum absolute atomic E-state index is 13.0. The Labute approximate surface area is 101 Å². The topological polar surface area (TPSA) is 40.5 Å². The van der Waals surface area contributed by atoms with Gasteiger partial charge in [-0.3, -0.25) is 4.79 Å². The fourth-order valence-electron chi connectivity index (χ4n) is 2.06. The Bertz CT molecular complexity index is 589. The summed E-state index contributed by atoms with van der Waals surface area (Å²) in [7, 11) is 0. The average molecular weight is 251 g/mol. The maximum Gasteiger partial charge on any atom is 0.310 e. The van der Waals surface area contributed by atoms with E-state index >= 15 is 0 Å². The molecule has 0 aliphatic carbocycles. The third kappa shape index (κ3) is 1.67. The lowest BCUT2D eigenvalue weighted by Crippen LogP contribution is -2.50. The summed E-state index contributed by atoms with van der Waals surface area (Å²) in [5, 5.41) is 11.8. The summed E-state index contributed by atoms with van der Waals surface area (Å²) in [5.74, 6) is -1.25. The van der Waals surface area contributed by atoms with Crippen LogP contribution in [0.4, 0.5) is 10.1 Å². The quantitative estimate of drug-likeness (QED) is 0.891. The van der Waals surface area contributed by atoms with Crippen LogP contribution in [-0.2, 0) is 4.79 Å². The van der Waals surface area contributed by atoms with Crippen molar-refractivity contribution in [1.82, 2.24) is 0 Å². The van der Waals surface area contributed by atoms with Crippen molar-refractivity contribution in [3.05, 3.63) is 29.4 Å². The van der Waals surface area contributed by atoms with Crippen LogP contribution < -0.4 is 4.90 Å². The minimum atomic E-state index is -0.744. The number of anilines is 1. The predicted molar refractivity (Wildman–Crippen MR) is 65.1 cm³/mol. The molecule has 2 heterocycles. The molecule has 1 aliphatic rings. The highest BCUT2D eigenvalue weighted by Gasteiger charge is 2.33. The first-order valence-corrected chi connectivity index (χ1v) is 6.17. The largest absolute Gasteiger partial charge is 0.481 e. The van der Waals surface area contributed by atoms with Crippen LogP contribution in [0, 0.1) is 11.7 Å². The molecule has 88 valence electrons. The van der Waals surface area contributed by atoms with E-state index in [-0.39, 0.29) is 11.7 Å². The van der Waals surface area contributed by atoms with Crippen molar-refractivity contribution in [3.8, 4) is 0 Å². The van der Waals surface area contributed by atoms with E-state index in [9.17, 15) is 9.18 Å². The van der Waals surface area contributed by atoms with Crippen molar-refractivity contribution in [3.63, 3.8) is 0 Å². The third-order valence-corrected chi connectivity index (χ3v) is 4.02. The van der Waals surface area contributed by atoms with Gasteiger partial charge in [0.15, 0.2) is 0 Å². The molecule has 5 heteroatoms. The highest BCUT2D eigenvalue weighted by atomic mass is 32.1. The van der Waals surface area contributed by atoms with Gasteiger partial charge in [-0.15, -0.1) is 11.3 Å². The van der Waals surface area contributed by atoms with Gasteiger partial charge in [0.05, 0.1) is 11.6 Å². The molecule has 1 N–H and O–H groups in total. The smallest absolute Gasteiger partial charge is 0.310 e. The van der Waals surface area contributed by atoms with E-state index in [2.05, 4.69) is 0 Å². The predicted octanol–water partition coefficient (Wildman–Crippen LogP) is 2.56. The Morgan fingerprint density at radius 1 is 1.47 bits per heavy atom. The molecule has 17 heavy (non-hydrogen) atoms. The molecule has 0 saturated carbocycles. The Balaban J connectivity index is 1.90. The van der Waals surface area contributed by atoms with E-state index in [1.165, 1.54) is 23.5 Å². The molecule has 0 bridgehead atoms. The fraction of sp³-hybridized carbons (Fsp3) is 0.250. The highest BCUT2D eigenvalue weighted by Crippen LogP contribution is 2.36. The molecule has 1 aromatic carbocycles. The van der Waals surface area contributed by atoms with Gasteiger partial charge in [-0.2, -0.15) is 0 Å². The number of hydrogen-bond acceptors (Lipinski definition) is 3. The summed E-state index contributed by atoms with van der Waals surface area (Å²) in [4.78, 5) is 12.8. The molecular weight excluding hydrogens is 241 g/mol. The molecule has 0 amide bonds. The molecule has 1 aliphatic heterocycles. The van der Waals surface area contributed by atoms with Crippen LogP contribution >= 0.6 is 11.3 Å². The van der Waals surface area contributed by atoms with Crippen molar-refractivity contribution in [2.75, 3.05) is 18.0 Å². The Morgan fingerprint density at radius 2 is 2.24 bits per heavy atom. The average Bonchev–Trinajstić information content (AvgIpc) is 2.58. The number of carboxylic acid groups (broad SMARTS) is 1. The zero-order valence-electron chi connectivity index (χ0n) is 8.89. The molecule has 0 spiro atoms. The Morgan fingerprint density at radius 3 is 2.94 bits per heavy atom. The number of carbonyl (C=O) groups is 1. The zero-order valence-corrected chi connectivity index (χ0v) is 9.71. The van der Waals surface area contributed by atoms with Gasteiger partial charge in [-0.05, 0) is 18.2 Å². The number of benzene rings is 1. The van der Waals surface area contributed by atoms with Gasteiger partial charge in [0.25, 0.3) is 0 Å². The maximum atomic E-state index is 13.0. The molecule has 1 saturated heterocycles. The van der Waals surface area contributed by atoms with Gasteiger partial charge in [0.2, 0.25) is 0 Å². The van der Waals surface area contributed by atoms with Crippen LogP contribution in [0.2, 0.25) is 0 Å². The lowest BCUT2D eigenvalue weighted by atomic mass is 9.99.